The minimum atomic E-state index is -1.17. The molecule has 14 heavy (non-hydrogen) atoms. The minimum absolute atomic E-state index is 0.0113. The van der Waals surface area contributed by atoms with Crippen LogP contribution in [0.3, 0.4) is 0 Å². The van der Waals surface area contributed by atoms with Crippen LogP contribution in [0.2, 0.25) is 0 Å². The quantitative estimate of drug-likeness (QED) is 0.590. The average Bonchev–Trinajstić information content (AvgIpc) is 1.76. The molecule has 0 aliphatic carbocycles. The summed E-state index contributed by atoms with van der Waals surface area (Å²) >= 11 is 23.4. The van der Waals surface area contributed by atoms with E-state index in [0.717, 1.165) is 12.8 Å². The Balaban J connectivity index is 4.09. The largest absolute Gasteiger partial charge is 0.191 e. The third kappa shape index (κ3) is 9.71. The molecule has 0 fully saturated rings. The van der Waals surface area contributed by atoms with Gasteiger partial charge in [-0.25, -0.2) is 0 Å². The van der Waals surface area contributed by atoms with E-state index in [2.05, 4.69) is 13.8 Å². The summed E-state index contributed by atoms with van der Waals surface area (Å²) in [4.78, 5) is -0.176. The van der Waals surface area contributed by atoms with Gasteiger partial charge in [-0.2, -0.15) is 0 Å². The van der Waals surface area contributed by atoms with Crippen molar-refractivity contribution in [2.24, 2.45) is 5.41 Å². The maximum atomic E-state index is 6.11. The molecule has 0 aromatic rings. The summed E-state index contributed by atoms with van der Waals surface area (Å²) in [7, 11) is 0. The van der Waals surface area contributed by atoms with Gasteiger partial charge in [0.2, 0.25) is 0 Å². The molecule has 0 heterocycles. The Morgan fingerprint density at radius 2 is 1.21 bits per heavy atom. The van der Waals surface area contributed by atoms with E-state index in [4.69, 9.17) is 46.4 Å². The van der Waals surface area contributed by atoms with E-state index in [1.165, 1.54) is 0 Å². The van der Waals surface area contributed by atoms with Gasteiger partial charge >= 0.3 is 0 Å². The Morgan fingerprint density at radius 1 is 0.786 bits per heavy atom. The van der Waals surface area contributed by atoms with Gasteiger partial charge in [0.1, 0.15) is 0 Å². The molecule has 0 aliphatic heterocycles. The van der Waals surface area contributed by atoms with Crippen molar-refractivity contribution in [3.05, 3.63) is 0 Å². The second-order valence-electron chi connectivity index (χ2n) is 5.17. The molecular formula is C10H18Cl4. The highest BCUT2D eigenvalue weighted by Crippen LogP contribution is 2.42. The molecule has 0 aliphatic rings. The van der Waals surface area contributed by atoms with Crippen LogP contribution in [-0.2, 0) is 0 Å². The van der Waals surface area contributed by atoms with Crippen molar-refractivity contribution in [1.29, 1.82) is 0 Å². The molecule has 0 saturated carbocycles. The zero-order valence-electron chi connectivity index (χ0n) is 9.13. The van der Waals surface area contributed by atoms with Gasteiger partial charge in [0.15, 0.2) is 3.79 Å². The fourth-order valence-corrected chi connectivity index (χ4v) is 2.45. The van der Waals surface area contributed by atoms with Crippen LogP contribution in [0.5, 0.6) is 0 Å². The maximum absolute atomic E-state index is 6.11. The van der Waals surface area contributed by atoms with Crippen LogP contribution in [-0.4, -0.2) is 8.67 Å². The van der Waals surface area contributed by atoms with Crippen LogP contribution in [0.4, 0.5) is 0 Å². The van der Waals surface area contributed by atoms with Gasteiger partial charge in [0.05, 0.1) is 0 Å². The van der Waals surface area contributed by atoms with Crippen molar-refractivity contribution < 1.29 is 0 Å². The summed E-state index contributed by atoms with van der Waals surface area (Å²) in [6.45, 7) is 8.19. The third-order valence-corrected chi connectivity index (χ3v) is 2.67. The first-order chi connectivity index (χ1) is 5.91. The molecule has 0 amide bonds. The fraction of sp³-hybridized carbons (Fsp3) is 1.00. The van der Waals surface area contributed by atoms with Crippen molar-refractivity contribution in [1.82, 2.24) is 0 Å². The van der Waals surface area contributed by atoms with Crippen molar-refractivity contribution >= 4 is 46.4 Å². The Hall–Kier alpha value is 1.16. The lowest BCUT2D eigenvalue weighted by atomic mass is 9.83. The molecule has 0 rings (SSSR count). The van der Waals surface area contributed by atoms with Crippen LogP contribution >= 0.6 is 46.4 Å². The summed E-state index contributed by atoms with van der Waals surface area (Å²) in [5.41, 5.74) is 0.0113. The lowest BCUT2D eigenvalue weighted by molar-refractivity contribution is 0.290. The lowest BCUT2D eigenvalue weighted by Crippen LogP contribution is -2.23. The number of hydrogen-bond acceptors (Lipinski definition) is 0. The summed E-state index contributed by atoms with van der Waals surface area (Å²) in [6, 6.07) is 0. The highest BCUT2D eigenvalue weighted by Gasteiger charge is 2.31. The lowest BCUT2D eigenvalue weighted by Gasteiger charge is -2.30. The van der Waals surface area contributed by atoms with Gasteiger partial charge in [-0.15, -0.1) is 11.6 Å². The summed E-state index contributed by atoms with van der Waals surface area (Å²) in [5.74, 6) is 0. The van der Waals surface area contributed by atoms with Crippen molar-refractivity contribution in [3.8, 4) is 0 Å². The Bertz CT molecular complexity index is 174. The van der Waals surface area contributed by atoms with E-state index in [1.807, 2.05) is 13.8 Å². The standard InChI is InChI=1S/C10H18Cl4/c1-8(2,7-10(12,13)14)5-6-9(3,4)11/h5-7H2,1-4H3. The monoisotopic (exact) mass is 278 g/mol. The van der Waals surface area contributed by atoms with Crippen molar-refractivity contribution in [2.45, 2.75) is 55.6 Å². The molecule has 0 aromatic carbocycles. The summed E-state index contributed by atoms with van der Waals surface area (Å²) < 4.78 is -1.17. The summed E-state index contributed by atoms with van der Waals surface area (Å²) in [6.07, 6.45) is 2.43. The van der Waals surface area contributed by atoms with E-state index in [0.29, 0.717) is 6.42 Å². The van der Waals surface area contributed by atoms with Crippen LogP contribution in [0.25, 0.3) is 0 Å². The van der Waals surface area contributed by atoms with Gasteiger partial charge in [-0.05, 0) is 38.5 Å². The first kappa shape index (κ1) is 15.2. The predicted molar refractivity (Wildman–Crippen MR) is 67.9 cm³/mol. The number of halogens is 4. The molecule has 86 valence electrons. The van der Waals surface area contributed by atoms with E-state index in [9.17, 15) is 0 Å². The molecule has 0 nitrogen and oxygen atoms in total. The van der Waals surface area contributed by atoms with Gasteiger partial charge < -0.3 is 0 Å². The molecular weight excluding hydrogens is 262 g/mol. The van der Waals surface area contributed by atoms with Gasteiger partial charge in [0, 0.05) is 4.87 Å². The van der Waals surface area contributed by atoms with Gasteiger partial charge in [-0.3, -0.25) is 0 Å². The van der Waals surface area contributed by atoms with Crippen LogP contribution in [0, 0.1) is 5.41 Å². The number of alkyl halides is 4. The van der Waals surface area contributed by atoms with E-state index >= 15 is 0 Å². The van der Waals surface area contributed by atoms with E-state index in [1.54, 1.807) is 0 Å². The van der Waals surface area contributed by atoms with E-state index in [-0.39, 0.29) is 10.3 Å². The maximum Gasteiger partial charge on any atom is 0.191 e. The first-order valence-electron chi connectivity index (χ1n) is 4.67. The number of hydrogen-bond donors (Lipinski definition) is 0. The minimum Gasteiger partial charge on any atom is -0.120 e. The molecule has 0 unspecified atom stereocenters. The van der Waals surface area contributed by atoms with Gasteiger partial charge in [-0.1, -0.05) is 48.7 Å². The highest BCUT2D eigenvalue weighted by molar-refractivity contribution is 6.67. The summed E-state index contributed by atoms with van der Waals surface area (Å²) in [5, 5.41) is 0. The van der Waals surface area contributed by atoms with Crippen LogP contribution < -0.4 is 0 Å². The zero-order chi connectivity index (χ0) is 11.6. The third-order valence-electron chi connectivity index (χ3n) is 2.08. The Morgan fingerprint density at radius 3 is 1.50 bits per heavy atom. The molecule has 0 aromatic heterocycles. The first-order valence-corrected chi connectivity index (χ1v) is 6.18. The predicted octanol–water partition coefficient (Wildman–Crippen LogP) is 5.57. The van der Waals surface area contributed by atoms with Crippen molar-refractivity contribution in [3.63, 3.8) is 0 Å². The second-order valence-corrected chi connectivity index (χ2v) is 8.71. The average molecular weight is 280 g/mol. The zero-order valence-corrected chi connectivity index (χ0v) is 12.2. The number of rotatable bonds is 4. The fourth-order valence-electron chi connectivity index (χ4n) is 1.27. The molecule has 0 N–H and O–H groups in total. The molecule has 0 atom stereocenters. The molecule has 0 bridgehead atoms. The highest BCUT2D eigenvalue weighted by atomic mass is 35.6. The van der Waals surface area contributed by atoms with Crippen LogP contribution in [0.1, 0.15) is 47.0 Å². The van der Waals surface area contributed by atoms with Crippen LogP contribution in [0.15, 0.2) is 0 Å². The Labute approximate surface area is 107 Å². The second kappa shape index (κ2) is 4.99. The molecule has 0 saturated heterocycles. The molecule has 4 heteroatoms. The normalized spacial score (nSPS) is 14.6. The Kier molecular flexibility index (Phi) is 5.41. The van der Waals surface area contributed by atoms with Crippen molar-refractivity contribution in [2.75, 3.05) is 0 Å². The van der Waals surface area contributed by atoms with Gasteiger partial charge in [0.25, 0.3) is 0 Å². The smallest absolute Gasteiger partial charge is 0.120 e. The molecule has 0 spiro atoms. The topological polar surface area (TPSA) is 0 Å². The molecule has 0 radical (unpaired) electrons. The SMILES string of the molecule is CC(C)(Cl)CCC(C)(C)CC(Cl)(Cl)Cl. The van der Waals surface area contributed by atoms with E-state index < -0.39 is 3.79 Å².